The molecule has 0 unspecified atom stereocenters. The summed E-state index contributed by atoms with van der Waals surface area (Å²) in [6.45, 7) is 2.27. The van der Waals surface area contributed by atoms with Gasteiger partial charge in [0.1, 0.15) is 0 Å². The molecule has 3 N–H and O–H groups in total. The molecule has 5 nitrogen and oxygen atoms in total. The van der Waals surface area contributed by atoms with Crippen LogP contribution < -0.4 is 11.3 Å². The minimum absolute atomic E-state index is 0.382. The van der Waals surface area contributed by atoms with Crippen LogP contribution >= 0.6 is 0 Å². The first-order valence-corrected chi connectivity index (χ1v) is 2.61. The highest BCUT2D eigenvalue weighted by Gasteiger charge is 1.95. The lowest BCUT2D eigenvalue weighted by molar-refractivity contribution is -0.238. The number of nitrogens with two attached hydrogens (primary N) is 1. The second-order valence-corrected chi connectivity index (χ2v) is 1.34. The summed E-state index contributed by atoms with van der Waals surface area (Å²) in [5, 5.41) is 0. The summed E-state index contributed by atoms with van der Waals surface area (Å²) in [6.07, 6.45) is 0.00106. The van der Waals surface area contributed by atoms with E-state index in [0.717, 1.165) is 6.42 Å². The fourth-order valence-corrected chi connectivity index (χ4v) is 0.203. The number of hydrogen-bond acceptors (Lipinski definition) is 4. The molecule has 0 rings (SSSR count). The highest BCUT2D eigenvalue weighted by atomic mass is 17.2. The molecule has 9 heavy (non-hydrogen) atoms. The molecule has 0 spiro atoms. The van der Waals surface area contributed by atoms with Crippen molar-refractivity contribution >= 4 is 6.09 Å². The molecule has 0 aliphatic heterocycles. The van der Waals surface area contributed by atoms with Gasteiger partial charge in [0.2, 0.25) is 0 Å². The first kappa shape index (κ1) is 8.19. The van der Waals surface area contributed by atoms with Crippen molar-refractivity contribution in [2.24, 2.45) is 5.84 Å². The van der Waals surface area contributed by atoms with Crippen molar-refractivity contribution in [1.29, 1.82) is 0 Å². The van der Waals surface area contributed by atoms with Gasteiger partial charge in [-0.1, -0.05) is 6.92 Å². The molecule has 0 aromatic rings. The van der Waals surface area contributed by atoms with Gasteiger partial charge in [0.15, 0.2) is 0 Å². The monoisotopic (exact) mass is 134 g/mol. The van der Waals surface area contributed by atoms with Gasteiger partial charge in [0, 0.05) is 0 Å². The van der Waals surface area contributed by atoms with Crippen LogP contribution in [0.25, 0.3) is 0 Å². The molecule has 0 fully saturated rings. The topological polar surface area (TPSA) is 73.6 Å². The van der Waals surface area contributed by atoms with Gasteiger partial charge in [-0.3, -0.25) is 10.3 Å². The molecule has 0 aromatic heterocycles. The standard InChI is InChI=1S/C4H10N2O3/c1-2-3-8-9-4(7)6-5/h2-3,5H2,1H3,(H,6,7). The third-order valence-corrected chi connectivity index (χ3v) is 0.540. The zero-order valence-electron chi connectivity index (χ0n) is 5.22. The third kappa shape index (κ3) is 5.05. The Morgan fingerprint density at radius 3 is 2.89 bits per heavy atom. The summed E-state index contributed by atoms with van der Waals surface area (Å²) in [6, 6.07) is 0. The number of carbonyl (C=O) groups excluding carboxylic acids is 1. The molecule has 0 radical (unpaired) electrons. The summed E-state index contributed by atoms with van der Waals surface area (Å²) < 4.78 is 0. The molecule has 1 amide bonds. The van der Waals surface area contributed by atoms with E-state index < -0.39 is 6.09 Å². The highest BCUT2D eigenvalue weighted by molar-refractivity contribution is 5.65. The Morgan fingerprint density at radius 2 is 2.44 bits per heavy atom. The number of rotatable bonds is 3. The van der Waals surface area contributed by atoms with Crippen LogP contribution in [0.2, 0.25) is 0 Å². The molecule has 0 aliphatic rings. The van der Waals surface area contributed by atoms with Crippen LogP contribution in [-0.4, -0.2) is 12.7 Å². The maximum atomic E-state index is 10.1. The summed E-state index contributed by atoms with van der Waals surface area (Å²) in [5.74, 6) is 4.65. The number of amides is 1. The van der Waals surface area contributed by atoms with E-state index in [2.05, 4.69) is 15.6 Å². The molecule has 0 heterocycles. The number of carbonyl (C=O) groups is 1. The van der Waals surface area contributed by atoms with Crippen LogP contribution in [-0.2, 0) is 9.78 Å². The van der Waals surface area contributed by atoms with Crippen molar-refractivity contribution in [3.8, 4) is 0 Å². The quantitative estimate of drug-likeness (QED) is 0.186. The van der Waals surface area contributed by atoms with E-state index in [4.69, 9.17) is 0 Å². The largest absolute Gasteiger partial charge is 0.452 e. The number of hydrogen-bond donors (Lipinski definition) is 2. The van der Waals surface area contributed by atoms with E-state index >= 15 is 0 Å². The maximum absolute atomic E-state index is 10.1. The number of nitrogens with one attached hydrogen (secondary N) is 1. The molecule has 0 bridgehead atoms. The van der Waals surface area contributed by atoms with E-state index in [1.165, 1.54) is 0 Å². The van der Waals surface area contributed by atoms with Gasteiger partial charge in [-0.2, -0.15) is 4.89 Å². The zero-order valence-corrected chi connectivity index (χ0v) is 5.22. The van der Waals surface area contributed by atoms with Gasteiger partial charge in [-0.25, -0.2) is 10.6 Å². The van der Waals surface area contributed by atoms with Gasteiger partial charge >= 0.3 is 6.09 Å². The minimum Gasteiger partial charge on any atom is -0.274 e. The first-order chi connectivity index (χ1) is 4.31. The molecule has 5 heteroatoms. The fraction of sp³-hybridized carbons (Fsp3) is 0.750. The molecular formula is C4H10N2O3. The van der Waals surface area contributed by atoms with Crippen LogP contribution in [0.15, 0.2) is 0 Å². The molecule has 54 valence electrons. The molecular weight excluding hydrogens is 124 g/mol. The van der Waals surface area contributed by atoms with Crippen molar-refractivity contribution in [3.63, 3.8) is 0 Å². The van der Waals surface area contributed by atoms with Crippen LogP contribution in [0.5, 0.6) is 0 Å². The van der Waals surface area contributed by atoms with Gasteiger partial charge in [-0.05, 0) is 6.42 Å². The average Bonchev–Trinajstić information content (AvgIpc) is 1.89. The van der Waals surface area contributed by atoms with Gasteiger partial charge in [0.05, 0.1) is 6.61 Å². The first-order valence-electron chi connectivity index (χ1n) is 2.61. The third-order valence-electron chi connectivity index (χ3n) is 0.540. The molecule has 0 aromatic carbocycles. The Bertz CT molecular complexity index is 85.9. The van der Waals surface area contributed by atoms with Gasteiger partial charge < -0.3 is 0 Å². The van der Waals surface area contributed by atoms with Crippen molar-refractivity contribution in [2.75, 3.05) is 6.61 Å². The Kier molecular flexibility index (Phi) is 4.85. The van der Waals surface area contributed by atoms with Gasteiger partial charge in [-0.15, -0.1) is 0 Å². The van der Waals surface area contributed by atoms with Crippen LogP contribution in [0.1, 0.15) is 13.3 Å². The van der Waals surface area contributed by atoms with Crippen LogP contribution in [0, 0.1) is 0 Å². The number of hydrazine groups is 1. The summed E-state index contributed by atoms with van der Waals surface area (Å²) in [4.78, 5) is 18.5. The Balaban J connectivity index is 2.97. The Morgan fingerprint density at radius 1 is 1.78 bits per heavy atom. The van der Waals surface area contributed by atoms with Crippen molar-refractivity contribution in [2.45, 2.75) is 13.3 Å². The highest BCUT2D eigenvalue weighted by Crippen LogP contribution is 1.81. The predicted octanol–water partition coefficient (Wildman–Crippen LogP) is -0.0721. The molecule has 0 atom stereocenters. The van der Waals surface area contributed by atoms with Crippen LogP contribution in [0.3, 0.4) is 0 Å². The van der Waals surface area contributed by atoms with Crippen molar-refractivity contribution in [1.82, 2.24) is 5.43 Å². The predicted molar refractivity (Wildman–Crippen MR) is 30.0 cm³/mol. The SMILES string of the molecule is CCCOOC(=O)NN. The molecule has 0 saturated heterocycles. The summed E-state index contributed by atoms with van der Waals surface area (Å²) >= 11 is 0. The second-order valence-electron chi connectivity index (χ2n) is 1.34. The molecule has 0 saturated carbocycles. The lowest BCUT2D eigenvalue weighted by Gasteiger charge is -1.98. The van der Waals surface area contributed by atoms with Gasteiger partial charge in [0.25, 0.3) is 0 Å². The summed E-state index contributed by atoms with van der Waals surface area (Å²) in [7, 11) is 0. The van der Waals surface area contributed by atoms with E-state index in [1.54, 1.807) is 5.43 Å². The smallest absolute Gasteiger partial charge is 0.274 e. The van der Waals surface area contributed by atoms with E-state index in [1.807, 2.05) is 6.92 Å². The van der Waals surface area contributed by atoms with Crippen LogP contribution in [0.4, 0.5) is 4.79 Å². The summed E-state index contributed by atoms with van der Waals surface area (Å²) in [5.41, 5.74) is 1.74. The second kappa shape index (κ2) is 5.33. The lowest BCUT2D eigenvalue weighted by Crippen LogP contribution is -2.30. The van der Waals surface area contributed by atoms with E-state index in [-0.39, 0.29) is 0 Å². The van der Waals surface area contributed by atoms with E-state index in [9.17, 15) is 4.79 Å². The zero-order chi connectivity index (χ0) is 7.11. The fourth-order valence-electron chi connectivity index (χ4n) is 0.203. The Labute approximate surface area is 53.0 Å². The Hall–Kier alpha value is -0.810. The van der Waals surface area contributed by atoms with Crippen molar-refractivity contribution < 1.29 is 14.6 Å². The van der Waals surface area contributed by atoms with E-state index in [0.29, 0.717) is 6.61 Å². The van der Waals surface area contributed by atoms with Crippen molar-refractivity contribution in [3.05, 3.63) is 0 Å². The lowest BCUT2D eigenvalue weighted by atomic mass is 10.5. The molecule has 0 aliphatic carbocycles. The average molecular weight is 134 g/mol. The minimum atomic E-state index is -0.788. The normalized spacial score (nSPS) is 8.67. The maximum Gasteiger partial charge on any atom is 0.452 e.